The third kappa shape index (κ3) is 3.34. The van der Waals surface area contributed by atoms with Gasteiger partial charge in [0.1, 0.15) is 5.75 Å². The largest absolute Gasteiger partial charge is 0.497 e. The minimum atomic E-state index is -0.273. The number of nitrogens with zero attached hydrogens (tertiary/aromatic N) is 2. The molecule has 0 unspecified atom stereocenters. The molecule has 4 aliphatic carbocycles. The summed E-state index contributed by atoms with van der Waals surface area (Å²) in [5.41, 5.74) is 6.10. The van der Waals surface area contributed by atoms with Crippen LogP contribution < -0.4 is 10.2 Å². The number of aromatic amines is 1. The van der Waals surface area contributed by atoms with Gasteiger partial charge in [0.15, 0.2) is 5.69 Å². The maximum absolute atomic E-state index is 12.6. The van der Waals surface area contributed by atoms with E-state index in [1.165, 1.54) is 38.5 Å². The first-order valence-electron chi connectivity index (χ1n) is 10.6. The van der Waals surface area contributed by atoms with Gasteiger partial charge >= 0.3 is 0 Å². The second-order valence-electron chi connectivity index (χ2n) is 9.23. The van der Waals surface area contributed by atoms with E-state index in [-0.39, 0.29) is 11.3 Å². The second kappa shape index (κ2) is 7.01. The Balaban J connectivity index is 1.28. The van der Waals surface area contributed by atoms with Crippen LogP contribution in [0, 0.1) is 17.8 Å². The van der Waals surface area contributed by atoms with E-state index < -0.39 is 0 Å². The van der Waals surface area contributed by atoms with Gasteiger partial charge < -0.3 is 4.74 Å². The van der Waals surface area contributed by atoms with Crippen LogP contribution in [-0.2, 0) is 5.41 Å². The van der Waals surface area contributed by atoms with Crippen LogP contribution in [0.3, 0.4) is 0 Å². The first-order valence-corrected chi connectivity index (χ1v) is 10.6. The Hall–Kier alpha value is -2.63. The zero-order valence-corrected chi connectivity index (χ0v) is 17.1. The predicted molar refractivity (Wildman–Crippen MR) is 111 cm³/mol. The molecule has 2 aromatic rings. The standard InChI is InChI=1S/C23H28N4O2/c1-14(18-3-5-19(29-2)6-4-18)24-27-22(28)20-10-21(26-25-20)23-11-15-7-16(12-23)9-17(8-15)13-23/h3-6,10,15-17H,7-9,11-13H2,1-2H3,(H,25,26)(H,27,28). The van der Waals surface area contributed by atoms with E-state index >= 15 is 0 Å². The van der Waals surface area contributed by atoms with E-state index in [0.29, 0.717) is 5.69 Å². The molecule has 0 atom stereocenters. The first kappa shape index (κ1) is 18.4. The summed E-state index contributed by atoms with van der Waals surface area (Å²) in [5.74, 6) is 3.10. The number of nitrogens with one attached hydrogen (secondary N) is 2. The van der Waals surface area contributed by atoms with Gasteiger partial charge in [-0.2, -0.15) is 10.2 Å². The monoisotopic (exact) mass is 392 g/mol. The number of amides is 1. The van der Waals surface area contributed by atoms with Crippen molar-refractivity contribution in [3.8, 4) is 5.75 Å². The van der Waals surface area contributed by atoms with Gasteiger partial charge in [0, 0.05) is 11.1 Å². The molecular weight excluding hydrogens is 364 g/mol. The second-order valence-corrected chi connectivity index (χ2v) is 9.23. The smallest absolute Gasteiger partial charge is 0.291 e. The number of carbonyl (C=O) groups is 1. The van der Waals surface area contributed by atoms with Crippen molar-refractivity contribution in [2.45, 2.75) is 50.9 Å². The predicted octanol–water partition coefficient (Wildman–Crippen LogP) is 4.04. The minimum absolute atomic E-state index is 0.211. The fourth-order valence-electron chi connectivity index (χ4n) is 6.24. The summed E-state index contributed by atoms with van der Waals surface area (Å²) in [6, 6.07) is 9.55. The van der Waals surface area contributed by atoms with E-state index in [4.69, 9.17) is 4.74 Å². The zero-order valence-electron chi connectivity index (χ0n) is 17.1. The number of ether oxygens (including phenoxy) is 1. The van der Waals surface area contributed by atoms with Gasteiger partial charge in [0.25, 0.3) is 5.91 Å². The van der Waals surface area contributed by atoms with Crippen LogP contribution in [0.4, 0.5) is 0 Å². The number of carbonyl (C=O) groups excluding carboxylic acids is 1. The van der Waals surface area contributed by atoms with Crippen molar-refractivity contribution in [1.82, 2.24) is 15.6 Å². The molecule has 4 aliphatic rings. The summed E-state index contributed by atoms with van der Waals surface area (Å²) >= 11 is 0. The summed E-state index contributed by atoms with van der Waals surface area (Å²) < 4.78 is 5.17. The molecule has 2 N–H and O–H groups in total. The Bertz CT molecular complexity index is 909. The molecule has 0 radical (unpaired) electrons. The Kier molecular flexibility index (Phi) is 4.45. The van der Waals surface area contributed by atoms with E-state index in [1.807, 2.05) is 37.3 Å². The van der Waals surface area contributed by atoms with Crippen LogP contribution in [0.15, 0.2) is 35.4 Å². The third-order valence-electron chi connectivity index (χ3n) is 7.25. The molecule has 1 heterocycles. The number of hydrazone groups is 1. The average Bonchev–Trinajstić information content (AvgIpc) is 3.22. The topological polar surface area (TPSA) is 79.4 Å². The molecule has 1 amide bonds. The summed E-state index contributed by atoms with van der Waals surface area (Å²) in [6.45, 7) is 1.87. The molecular formula is C23H28N4O2. The van der Waals surface area contributed by atoms with Gasteiger partial charge in [-0.1, -0.05) is 0 Å². The van der Waals surface area contributed by atoms with Gasteiger partial charge in [-0.3, -0.25) is 9.89 Å². The summed E-state index contributed by atoms with van der Waals surface area (Å²) in [6.07, 6.45) is 7.95. The van der Waals surface area contributed by atoms with Crippen LogP contribution >= 0.6 is 0 Å². The van der Waals surface area contributed by atoms with Gasteiger partial charge in [-0.25, -0.2) is 5.43 Å². The summed E-state index contributed by atoms with van der Waals surface area (Å²) in [5, 5.41) is 11.8. The van der Waals surface area contributed by atoms with Crippen molar-refractivity contribution >= 4 is 11.6 Å². The maximum atomic E-state index is 12.6. The quantitative estimate of drug-likeness (QED) is 0.595. The molecule has 4 fully saturated rings. The van der Waals surface area contributed by atoms with Gasteiger partial charge in [0.2, 0.25) is 0 Å². The number of aromatic nitrogens is 2. The number of benzene rings is 1. The van der Waals surface area contributed by atoms with Crippen molar-refractivity contribution in [2.75, 3.05) is 7.11 Å². The highest BCUT2D eigenvalue weighted by molar-refractivity contribution is 6.00. The Morgan fingerprint density at radius 1 is 1.14 bits per heavy atom. The number of hydrogen-bond donors (Lipinski definition) is 2. The first-order chi connectivity index (χ1) is 14.0. The Morgan fingerprint density at radius 3 is 2.34 bits per heavy atom. The SMILES string of the molecule is COc1ccc(C(C)=NNC(=O)c2cc(C34CC5CC(CC(C5)C3)C4)[nH]n2)cc1. The van der Waals surface area contributed by atoms with Gasteiger partial charge in [-0.15, -0.1) is 0 Å². The number of rotatable bonds is 5. The number of methoxy groups -OCH3 is 1. The summed E-state index contributed by atoms with van der Waals surface area (Å²) in [4.78, 5) is 12.6. The van der Waals surface area contributed by atoms with Crippen LogP contribution in [0.5, 0.6) is 5.75 Å². The fraction of sp³-hybridized carbons (Fsp3) is 0.522. The van der Waals surface area contributed by atoms with Crippen LogP contribution in [0.25, 0.3) is 0 Å². The lowest BCUT2D eigenvalue weighted by atomic mass is 9.49. The zero-order chi connectivity index (χ0) is 20.0. The fourth-order valence-corrected chi connectivity index (χ4v) is 6.24. The van der Waals surface area contributed by atoms with E-state index in [0.717, 1.165) is 40.5 Å². The molecule has 1 aromatic carbocycles. The van der Waals surface area contributed by atoms with E-state index in [1.54, 1.807) is 7.11 Å². The van der Waals surface area contributed by atoms with Crippen LogP contribution in [0.1, 0.15) is 67.2 Å². The van der Waals surface area contributed by atoms with Crippen LogP contribution in [0.2, 0.25) is 0 Å². The molecule has 0 aliphatic heterocycles. The lowest BCUT2D eigenvalue weighted by molar-refractivity contribution is -0.00721. The normalized spacial score (nSPS) is 30.4. The highest BCUT2D eigenvalue weighted by Crippen LogP contribution is 2.60. The van der Waals surface area contributed by atoms with Crippen molar-refractivity contribution in [2.24, 2.45) is 22.9 Å². The highest BCUT2D eigenvalue weighted by Gasteiger charge is 2.52. The lowest BCUT2D eigenvalue weighted by Gasteiger charge is -2.56. The molecule has 4 bridgehead atoms. The van der Waals surface area contributed by atoms with Crippen LogP contribution in [-0.4, -0.2) is 28.9 Å². The molecule has 152 valence electrons. The van der Waals surface area contributed by atoms with Crippen molar-refractivity contribution in [3.63, 3.8) is 0 Å². The molecule has 29 heavy (non-hydrogen) atoms. The maximum Gasteiger partial charge on any atom is 0.291 e. The number of H-pyrrole nitrogens is 1. The Morgan fingerprint density at radius 2 is 1.76 bits per heavy atom. The molecule has 6 nitrogen and oxygen atoms in total. The summed E-state index contributed by atoms with van der Waals surface area (Å²) in [7, 11) is 1.64. The highest BCUT2D eigenvalue weighted by atomic mass is 16.5. The van der Waals surface area contributed by atoms with E-state index in [2.05, 4.69) is 20.7 Å². The van der Waals surface area contributed by atoms with Gasteiger partial charge in [0.05, 0.1) is 12.8 Å². The average molecular weight is 393 g/mol. The van der Waals surface area contributed by atoms with Crippen molar-refractivity contribution in [3.05, 3.63) is 47.3 Å². The molecule has 4 saturated carbocycles. The molecule has 0 spiro atoms. The Labute approximate surface area is 171 Å². The minimum Gasteiger partial charge on any atom is -0.497 e. The number of hydrogen-bond acceptors (Lipinski definition) is 4. The molecule has 0 saturated heterocycles. The lowest BCUT2D eigenvalue weighted by Crippen LogP contribution is -2.48. The molecule has 6 heteroatoms. The van der Waals surface area contributed by atoms with Crippen molar-refractivity contribution < 1.29 is 9.53 Å². The third-order valence-corrected chi connectivity index (χ3v) is 7.25. The molecule has 1 aromatic heterocycles. The van der Waals surface area contributed by atoms with E-state index in [9.17, 15) is 4.79 Å². The molecule has 6 rings (SSSR count). The van der Waals surface area contributed by atoms with Crippen molar-refractivity contribution in [1.29, 1.82) is 0 Å². The van der Waals surface area contributed by atoms with Gasteiger partial charge in [-0.05, 0) is 99.1 Å².